The van der Waals surface area contributed by atoms with Crippen LogP contribution in [-0.4, -0.2) is 64.3 Å². The summed E-state index contributed by atoms with van der Waals surface area (Å²) in [5, 5.41) is 29.6. The van der Waals surface area contributed by atoms with Crippen LogP contribution in [0.15, 0.2) is 12.7 Å². The van der Waals surface area contributed by atoms with E-state index in [1.807, 2.05) is 0 Å². The molecule has 9 nitrogen and oxygen atoms in total. The Balaban J connectivity index is 1.86. The van der Waals surface area contributed by atoms with Crippen molar-refractivity contribution in [3.63, 3.8) is 0 Å². The number of nitrogens with two attached hydrogens (primary N) is 1. The van der Waals surface area contributed by atoms with Crippen molar-refractivity contribution in [1.29, 1.82) is 0 Å². The molecule has 0 saturated carbocycles. The van der Waals surface area contributed by atoms with Gasteiger partial charge in [0.05, 0.1) is 17.9 Å². The molecule has 2 aromatic heterocycles. The van der Waals surface area contributed by atoms with Crippen LogP contribution in [0.4, 0.5) is 5.82 Å². The monoisotopic (exact) mass is 327 g/mol. The molecule has 5 N–H and O–H groups in total. The minimum absolute atomic E-state index is 0.234. The molecule has 120 valence electrons. The highest BCUT2D eigenvalue weighted by atomic mass is 32.2. The molecule has 2 aromatic rings. The zero-order valence-electron chi connectivity index (χ0n) is 11.8. The van der Waals surface area contributed by atoms with E-state index in [2.05, 4.69) is 15.0 Å². The maximum atomic E-state index is 10.2. The number of aliphatic hydroxyl groups excluding tert-OH is 3. The number of aliphatic hydroxyl groups is 3. The normalized spacial score (nSPS) is 30.0. The van der Waals surface area contributed by atoms with Crippen molar-refractivity contribution < 1.29 is 20.1 Å². The van der Waals surface area contributed by atoms with Crippen LogP contribution >= 0.6 is 11.8 Å². The van der Waals surface area contributed by atoms with Gasteiger partial charge in [-0.1, -0.05) is 0 Å². The highest BCUT2D eigenvalue weighted by Gasteiger charge is 2.44. The first-order valence-corrected chi connectivity index (χ1v) is 7.78. The Hall–Kier alpha value is -1.46. The standard InChI is InChI=1S/C12H17N5O4S/c1-5(18)22-2-6-8(19)9(20)12(21-6)17-4-16-7-10(13)14-3-15-11(7)17/h3-6,8-9,12,18-20H,2H2,1H3,(H2,13,14,15)/t5?,6-,8-,9-,12-/m1/s1. The average molecular weight is 327 g/mol. The van der Waals surface area contributed by atoms with Gasteiger partial charge in [-0.15, -0.1) is 11.8 Å². The van der Waals surface area contributed by atoms with Gasteiger partial charge in [0.1, 0.15) is 24.1 Å². The molecule has 0 aliphatic carbocycles. The van der Waals surface area contributed by atoms with E-state index in [0.717, 1.165) is 0 Å². The van der Waals surface area contributed by atoms with Crippen LogP contribution in [0.2, 0.25) is 0 Å². The summed E-state index contributed by atoms with van der Waals surface area (Å²) in [6, 6.07) is 0. The van der Waals surface area contributed by atoms with E-state index < -0.39 is 30.0 Å². The van der Waals surface area contributed by atoms with E-state index in [-0.39, 0.29) is 5.82 Å². The molecule has 10 heteroatoms. The average Bonchev–Trinajstić information content (AvgIpc) is 3.01. The summed E-state index contributed by atoms with van der Waals surface area (Å²) < 4.78 is 7.24. The predicted octanol–water partition coefficient (Wildman–Crippen LogP) is -0.901. The third-order valence-electron chi connectivity index (χ3n) is 3.50. The second kappa shape index (κ2) is 5.97. The van der Waals surface area contributed by atoms with E-state index in [4.69, 9.17) is 10.5 Å². The number of hydrogen-bond acceptors (Lipinski definition) is 9. The second-order valence-corrected chi connectivity index (χ2v) is 6.41. The molecule has 0 spiro atoms. The van der Waals surface area contributed by atoms with Crippen molar-refractivity contribution in [3.8, 4) is 0 Å². The zero-order valence-corrected chi connectivity index (χ0v) is 12.6. The van der Waals surface area contributed by atoms with Gasteiger partial charge >= 0.3 is 0 Å². The number of fused-ring (bicyclic) bond motifs is 1. The number of nitrogen functional groups attached to an aromatic ring is 1. The summed E-state index contributed by atoms with van der Waals surface area (Å²) in [6.45, 7) is 1.63. The molecule has 0 bridgehead atoms. The minimum Gasteiger partial charge on any atom is -0.387 e. The van der Waals surface area contributed by atoms with E-state index in [1.54, 1.807) is 6.92 Å². The van der Waals surface area contributed by atoms with Crippen molar-refractivity contribution in [3.05, 3.63) is 12.7 Å². The third-order valence-corrected chi connectivity index (χ3v) is 4.50. The summed E-state index contributed by atoms with van der Waals surface area (Å²) in [5.74, 6) is 0.592. The molecule has 0 amide bonds. The van der Waals surface area contributed by atoms with Gasteiger partial charge in [-0.3, -0.25) is 4.57 Å². The summed E-state index contributed by atoms with van der Waals surface area (Å²) >= 11 is 1.23. The Labute approximate surface area is 130 Å². The maximum Gasteiger partial charge on any atom is 0.167 e. The summed E-state index contributed by atoms with van der Waals surface area (Å²) in [5.41, 5.74) is 5.99. The van der Waals surface area contributed by atoms with Gasteiger partial charge in [-0.2, -0.15) is 0 Å². The summed E-state index contributed by atoms with van der Waals surface area (Å²) in [4.78, 5) is 12.1. The fourth-order valence-corrected chi connectivity index (χ4v) is 3.13. The molecule has 1 aliphatic rings. The Morgan fingerprint density at radius 1 is 1.36 bits per heavy atom. The van der Waals surface area contributed by atoms with Gasteiger partial charge in [0, 0.05) is 5.75 Å². The third kappa shape index (κ3) is 2.63. The summed E-state index contributed by atoms with van der Waals surface area (Å²) in [7, 11) is 0. The van der Waals surface area contributed by atoms with Crippen LogP contribution < -0.4 is 5.73 Å². The molecular weight excluding hydrogens is 310 g/mol. The molecule has 1 fully saturated rings. The molecule has 22 heavy (non-hydrogen) atoms. The molecule has 1 unspecified atom stereocenters. The van der Waals surface area contributed by atoms with Crippen LogP contribution in [0.3, 0.4) is 0 Å². The van der Waals surface area contributed by atoms with Gasteiger partial charge in [0.25, 0.3) is 0 Å². The quantitative estimate of drug-likeness (QED) is 0.526. The Kier molecular flexibility index (Phi) is 4.19. The minimum atomic E-state index is -1.13. The molecule has 1 saturated heterocycles. The van der Waals surface area contributed by atoms with E-state index in [9.17, 15) is 15.3 Å². The van der Waals surface area contributed by atoms with Gasteiger partial charge in [-0.05, 0) is 6.92 Å². The lowest BCUT2D eigenvalue weighted by Gasteiger charge is -2.16. The summed E-state index contributed by atoms with van der Waals surface area (Å²) in [6.07, 6.45) is -0.874. The number of thioether (sulfide) groups is 1. The van der Waals surface area contributed by atoms with Crippen LogP contribution in [0.5, 0.6) is 0 Å². The number of hydrogen-bond donors (Lipinski definition) is 4. The highest BCUT2D eigenvalue weighted by Crippen LogP contribution is 2.33. The van der Waals surface area contributed by atoms with Crippen LogP contribution in [0, 0.1) is 0 Å². The predicted molar refractivity (Wildman–Crippen MR) is 79.8 cm³/mol. The topological polar surface area (TPSA) is 140 Å². The van der Waals surface area contributed by atoms with E-state index in [1.165, 1.54) is 29.0 Å². The van der Waals surface area contributed by atoms with Crippen molar-refractivity contribution in [2.75, 3.05) is 11.5 Å². The number of imidazole rings is 1. The van der Waals surface area contributed by atoms with Crippen molar-refractivity contribution in [2.45, 2.75) is 36.9 Å². The fraction of sp³-hybridized carbons (Fsp3) is 0.583. The van der Waals surface area contributed by atoms with E-state index >= 15 is 0 Å². The Morgan fingerprint density at radius 3 is 2.86 bits per heavy atom. The maximum absolute atomic E-state index is 10.2. The van der Waals surface area contributed by atoms with Gasteiger partial charge in [0.2, 0.25) is 0 Å². The number of anilines is 1. The van der Waals surface area contributed by atoms with Crippen LogP contribution in [0.1, 0.15) is 13.2 Å². The number of nitrogens with zero attached hydrogens (tertiary/aromatic N) is 4. The lowest BCUT2D eigenvalue weighted by molar-refractivity contribution is -0.0289. The van der Waals surface area contributed by atoms with Crippen molar-refractivity contribution >= 4 is 28.7 Å². The van der Waals surface area contributed by atoms with E-state index in [0.29, 0.717) is 16.9 Å². The van der Waals surface area contributed by atoms with Gasteiger partial charge < -0.3 is 25.8 Å². The Morgan fingerprint density at radius 2 is 2.14 bits per heavy atom. The van der Waals surface area contributed by atoms with Crippen molar-refractivity contribution in [1.82, 2.24) is 19.5 Å². The first kappa shape index (κ1) is 15.4. The molecule has 1 aliphatic heterocycles. The molecule has 3 rings (SSSR count). The van der Waals surface area contributed by atoms with Crippen molar-refractivity contribution in [2.24, 2.45) is 0 Å². The number of rotatable bonds is 4. The Bertz CT molecular complexity index is 666. The number of ether oxygens (including phenoxy) is 1. The van der Waals surface area contributed by atoms with Gasteiger partial charge in [0.15, 0.2) is 17.7 Å². The first-order valence-electron chi connectivity index (χ1n) is 6.73. The first-order chi connectivity index (χ1) is 10.5. The lowest BCUT2D eigenvalue weighted by Crippen LogP contribution is -2.32. The molecule has 0 radical (unpaired) electrons. The van der Waals surface area contributed by atoms with Crippen LogP contribution in [0.25, 0.3) is 11.2 Å². The highest BCUT2D eigenvalue weighted by molar-refractivity contribution is 7.99. The largest absolute Gasteiger partial charge is 0.387 e. The SMILES string of the molecule is CC(O)SC[C@H]1O[C@@H](n2cnc3c(N)ncnc32)[C@H](O)[C@@H]1O. The lowest BCUT2D eigenvalue weighted by atomic mass is 10.1. The molecule has 0 aromatic carbocycles. The smallest absolute Gasteiger partial charge is 0.167 e. The molecule has 5 atom stereocenters. The molecule has 3 heterocycles. The number of aromatic nitrogens is 4. The van der Waals surface area contributed by atoms with Crippen LogP contribution in [-0.2, 0) is 4.74 Å². The zero-order chi connectivity index (χ0) is 15.9. The second-order valence-electron chi connectivity index (χ2n) is 5.06. The fourth-order valence-electron chi connectivity index (χ4n) is 2.39. The van der Waals surface area contributed by atoms with Gasteiger partial charge in [-0.25, -0.2) is 15.0 Å². The molecular formula is C12H17N5O4S.